The third-order valence-corrected chi connectivity index (χ3v) is 6.66. The number of hydrogen-bond acceptors (Lipinski definition) is 6. The quantitative estimate of drug-likeness (QED) is 0.445. The number of likely N-dealkylation sites (tertiary alicyclic amines) is 1. The molecule has 178 valence electrons. The molecule has 6 heterocycles. The van der Waals surface area contributed by atoms with E-state index in [4.69, 9.17) is 14.8 Å². The SMILES string of the molecule is O=C(c1nc2n(c1-c1ccccn1)CCCOC2)N1CCC[C@H]1Cn1ccc(-c2ccccn2)n1. The van der Waals surface area contributed by atoms with Crippen LogP contribution in [0.1, 0.15) is 35.6 Å². The summed E-state index contributed by atoms with van der Waals surface area (Å²) in [6, 6.07) is 13.6. The molecule has 1 amide bonds. The molecule has 35 heavy (non-hydrogen) atoms. The monoisotopic (exact) mass is 469 g/mol. The van der Waals surface area contributed by atoms with Crippen LogP contribution in [0.2, 0.25) is 0 Å². The minimum absolute atomic E-state index is 0.0494. The first kappa shape index (κ1) is 21.7. The molecule has 9 nitrogen and oxygen atoms in total. The van der Waals surface area contributed by atoms with Gasteiger partial charge in [0, 0.05) is 38.3 Å². The van der Waals surface area contributed by atoms with Crippen molar-refractivity contribution in [3.63, 3.8) is 0 Å². The van der Waals surface area contributed by atoms with Crippen molar-refractivity contribution in [3.05, 3.63) is 72.6 Å². The van der Waals surface area contributed by atoms with Gasteiger partial charge in [-0.25, -0.2) is 4.98 Å². The van der Waals surface area contributed by atoms with Gasteiger partial charge < -0.3 is 14.2 Å². The molecule has 0 spiro atoms. The summed E-state index contributed by atoms with van der Waals surface area (Å²) in [7, 11) is 0. The van der Waals surface area contributed by atoms with Crippen molar-refractivity contribution in [2.24, 2.45) is 0 Å². The van der Waals surface area contributed by atoms with Gasteiger partial charge in [-0.15, -0.1) is 0 Å². The van der Waals surface area contributed by atoms with E-state index in [1.54, 1.807) is 12.4 Å². The van der Waals surface area contributed by atoms with Gasteiger partial charge >= 0.3 is 0 Å². The summed E-state index contributed by atoms with van der Waals surface area (Å²) in [4.78, 5) is 29.6. The van der Waals surface area contributed by atoms with Gasteiger partial charge in [0.2, 0.25) is 0 Å². The molecule has 0 radical (unpaired) electrons. The van der Waals surface area contributed by atoms with Gasteiger partial charge in [-0.05, 0) is 49.6 Å². The topological polar surface area (TPSA) is 91.0 Å². The Hall–Kier alpha value is -3.85. The van der Waals surface area contributed by atoms with E-state index in [9.17, 15) is 4.79 Å². The van der Waals surface area contributed by atoms with Gasteiger partial charge in [0.05, 0.1) is 24.0 Å². The number of fused-ring (bicyclic) bond motifs is 1. The van der Waals surface area contributed by atoms with E-state index in [0.717, 1.165) is 54.4 Å². The van der Waals surface area contributed by atoms with Crippen molar-refractivity contribution in [2.75, 3.05) is 13.2 Å². The molecule has 4 aromatic rings. The molecule has 0 unspecified atom stereocenters. The van der Waals surface area contributed by atoms with E-state index >= 15 is 0 Å². The Bertz CT molecular complexity index is 1320. The average molecular weight is 470 g/mol. The Kier molecular flexibility index (Phi) is 5.83. The Morgan fingerprint density at radius 3 is 2.60 bits per heavy atom. The van der Waals surface area contributed by atoms with E-state index < -0.39 is 0 Å². The number of hydrogen-bond donors (Lipinski definition) is 0. The third-order valence-electron chi connectivity index (χ3n) is 6.66. The first-order valence-corrected chi connectivity index (χ1v) is 12.1. The van der Waals surface area contributed by atoms with Gasteiger partial charge in [0.25, 0.3) is 5.91 Å². The molecule has 0 N–H and O–H groups in total. The highest BCUT2D eigenvalue weighted by Crippen LogP contribution is 2.30. The van der Waals surface area contributed by atoms with Gasteiger partial charge in [-0.2, -0.15) is 5.10 Å². The number of carbonyl (C=O) groups is 1. The molecule has 0 aliphatic carbocycles. The standard InChI is InChI=1S/C26H27N7O2/c34-26(24-25(22-9-2-4-12-28-22)33-14-6-16-35-18-23(33)29-24)32-13-5-7-19(32)17-31-15-10-21(30-31)20-8-1-3-11-27-20/h1-4,8-12,15,19H,5-7,13-14,16-18H2/t19-/m0/s1. The van der Waals surface area contributed by atoms with Crippen LogP contribution in [0.25, 0.3) is 22.8 Å². The van der Waals surface area contributed by atoms with Crippen molar-refractivity contribution >= 4 is 5.91 Å². The highest BCUT2D eigenvalue weighted by molar-refractivity contribution is 5.98. The second-order valence-corrected chi connectivity index (χ2v) is 8.93. The summed E-state index contributed by atoms with van der Waals surface area (Å²) in [6.45, 7) is 3.19. The zero-order chi connectivity index (χ0) is 23.6. The Balaban J connectivity index is 1.29. The Labute approximate surface area is 203 Å². The van der Waals surface area contributed by atoms with Gasteiger partial charge in [-0.3, -0.25) is 19.4 Å². The van der Waals surface area contributed by atoms with Crippen molar-refractivity contribution in [1.82, 2.24) is 34.2 Å². The fourth-order valence-corrected chi connectivity index (χ4v) is 5.01. The molecular formula is C26H27N7O2. The second-order valence-electron chi connectivity index (χ2n) is 8.93. The van der Waals surface area contributed by atoms with Crippen molar-refractivity contribution in [3.8, 4) is 22.8 Å². The Morgan fingerprint density at radius 2 is 1.80 bits per heavy atom. The predicted molar refractivity (Wildman–Crippen MR) is 129 cm³/mol. The molecule has 0 bridgehead atoms. The number of ether oxygens (including phenoxy) is 1. The highest BCUT2D eigenvalue weighted by Gasteiger charge is 2.34. The zero-order valence-electron chi connectivity index (χ0n) is 19.5. The summed E-state index contributed by atoms with van der Waals surface area (Å²) in [5, 5.41) is 4.71. The number of carbonyl (C=O) groups excluding carboxylic acids is 1. The summed E-state index contributed by atoms with van der Waals surface area (Å²) in [6.07, 6.45) is 8.25. The number of amides is 1. The van der Waals surface area contributed by atoms with Crippen molar-refractivity contribution in [2.45, 2.75) is 45.0 Å². The van der Waals surface area contributed by atoms with Crippen LogP contribution >= 0.6 is 0 Å². The predicted octanol–water partition coefficient (Wildman–Crippen LogP) is 3.43. The third kappa shape index (κ3) is 4.23. The second kappa shape index (κ2) is 9.42. The normalized spacial score (nSPS) is 17.8. The molecule has 2 aliphatic heterocycles. The lowest BCUT2D eigenvalue weighted by atomic mass is 10.1. The average Bonchev–Trinajstić information content (AvgIpc) is 3.61. The lowest BCUT2D eigenvalue weighted by Crippen LogP contribution is -2.38. The van der Waals surface area contributed by atoms with Crippen molar-refractivity contribution in [1.29, 1.82) is 0 Å². The lowest BCUT2D eigenvalue weighted by Gasteiger charge is -2.24. The van der Waals surface area contributed by atoms with E-state index in [2.05, 4.69) is 14.5 Å². The summed E-state index contributed by atoms with van der Waals surface area (Å²) in [5.41, 5.74) is 3.69. The first-order valence-electron chi connectivity index (χ1n) is 12.1. The summed E-state index contributed by atoms with van der Waals surface area (Å²) < 4.78 is 9.75. The molecule has 6 rings (SSSR count). The zero-order valence-corrected chi connectivity index (χ0v) is 19.5. The number of aromatic nitrogens is 6. The van der Waals surface area contributed by atoms with Crippen LogP contribution in [0.4, 0.5) is 0 Å². The minimum Gasteiger partial charge on any atom is -0.373 e. The van der Waals surface area contributed by atoms with E-state index in [1.165, 1.54) is 0 Å². The smallest absolute Gasteiger partial charge is 0.275 e. The Morgan fingerprint density at radius 1 is 0.971 bits per heavy atom. The number of imidazole rings is 1. The van der Waals surface area contributed by atoms with E-state index in [0.29, 0.717) is 32.0 Å². The maximum absolute atomic E-state index is 13.9. The van der Waals surface area contributed by atoms with Crippen LogP contribution < -0.4 is 0 Å². The maximum atomic E-state index is 13.9. The molecule has 1 fully saturated rings. The number of rotatable bonds is 5. The lowest BCUT2D eigenvalue weighted by molar-refractivity contribution is 0.0716. The van der Waals surface area contributed by atoms with Gasteiger partial charge in [0.1, 0.15) is 23.8 Å². The van der Waals surface area contributed by atoms with Crippen LogP contribution in [-0.4, -0.2) is 59.3 Å². The number of pyridine rings is 2. The largest absolute Gasteiger partial charge is 0.373 e. The fourth-order valence-electron chi connectivity index (χ4n) is 5.01. The van der Waals surface area contributed by atoms with Gasteiger partial charge in [-0.1, -0.05) is 12.1 Å². The molecule has 0 saturated carbocycles. The van der Waals surface area contributed by atoms with Crippen molar-refractivity contribution < 1.29 is 9.53 Å². The minimum atomic E-state index is -0.0502. The van der Waals surface area contributed by atoms with Crippen LogP contribution in [0.15, 0.2) is 61.1 Å². The highest BCUT2D eigenvalue weighted by atomic mass is 16.5. The molecule has 4 aromatic heterocycles. The van der Waals surface area contributed by atoms with E-state index in [-0.39, 0.29) is 11.9 Å². The van der Waals surface area contributed by atoms with Crippen LogP contribution in [-0.2, 0) is 24.4 Å². The fraction of sp³-hybridized carbons (Fsp3) is 0.346. The van der Waals surface area contributed by atoms with Crippen LogP contribution in [0, 0.1) is 0 Å². The summed E-state index contributed by atoms with van der Waals surface area (Å²) in [5.74, 6) is 0.736. The molecule has 1 atom stereocenters. The molecule has 9 heteroatoms. The van der Waals surface area contributed by atoms with Crippen LogP contribution in [0.5, 0.6) is 0 Å². The van der Waals surface area contributed by atoms with Gasteiger partial charge in [0.15, 0.2) is 5.69 Å². The first-order chi connectivity index (χ1) is 17.3. The van der Waals surface area contributed by atoms with E-state index in [1.807, 2.05) is 58.2 Å². The summed E-state index contributed by atoms with van der Waals surface area (Å²) >= 11 is 0. The number of nitrogens with zero attached hydrogens (tertiary/aromatic N) is 7. The molecule has 2 aliphatic rings. The maximum Gasteiger partial charge on any atom is 0.275 e. The van der Waals surface area contributed by atoms with Crippen LogP contribution in [0.3, 0.4) is 0 Å². The molecular weight excluding hydrogens is 442 g/mol. The molecule has 0 aromatic carbocycles. The molecule has 1 saturated heterocycles.